The Bertz CT molecular complexity index is 600. The molecule has 3 nitrogen and oxygen atoms in total. The van der Waals surface area contributed by atoms with Gasteiger partial charge in [0.15, 0.2) is 0 Å². The van der Waals surface area contributed by atoms with Crippen LogP contribution < -0.4 is 0 Å². The maximum atomic E-state index is 11.9. The van der Waals surface area contributed by atoms with Gasteiger partial charge >= 0.3 is 5.97 Å². The second-order valence-electron chi connectivity index (χ2n) is 6.56. The van der Waals surface area contributed by atoms with Crippen molar-refractivity contribution in [3.63, 3.8) is 0 Å². The van der Waals surface area contributed by atoms with Crippen molar-refractivity contribution >= 4 is 5.97 Å². The van der Waals surface area contributed by atoms with E-state index in [1.54, 1.807) is 0 Å². The summed E-state index contributed by atoms with van der Waals surface area (Å²) < 4.78 is 4.94. The summed E-state index contributed by atoms with van der Waals surface area (Å²) in [5, 5.41) is 0. The minimum atomic E-state index is -0.0585. The maximum absolute atomic E-state index is 11.9. The molecule has 2 aromatic carbocycles. The zero-order valence-electron chi connectivity index (χ0n) is 14.2. The molecule has 0 radical (unpaired) electrons. The number of hydrogen-bond acceptors (Lipinski definition) is 3. The van der Waals surface area contributed by atoms with Crippen LogP contribution in [0.1, 0.15) is 30.4 Å². The summed E-state index contributed by atoms with van der Waals surface area (Å²) in [5.41, 5.74) is 2.63. The molecule has 126 valence electrons. The molecule has 0 bridgehead atoms. The first kappa shape index (κ1) is 16.7. The highest BCUT2D eigenvalue weighted by atomic mass is 16.5. The van der Waals surface area contributed by atoms with E-state index in [9.17, 15) is 4.79 Å². The van der Waals surface area contributed by atoms with Crippen molar-refractivity contribution in [1.29, 1.82) is 0 Å². The second-order valence-corrected chi connectivity index (χ2v) is 6.56. The predicted molar refractivity (Wildman–Crippen MR) is 95.3 cm³/mol. The standard InChI is InChI=1S/C21H25NO2/c1-24-21(23)19-12-13-20(14-19)22(15-17-8-4-2-5-9-17)16-18-10-6-3-7-11-18/h2-11,19-20H,12-16H2,1H3/t19?,20-/m0/s1. The Morgan fingerprint density at radius 1 is 0.958 bits per heavy atom. The number of esters is 1. The average molecular weight is 323 g/mol. The highest BCUT2D eigenvalue weighted by molar-refractivity contribution is 5.72. The summed E-state index contributed by atoms with van der Waals surface area (Å²) in [6, 6.07) is 21.6. The molecule has 1 aliphatic rings. The molecule has 0 heterocycles. The van der Waals surface area contributed by atoms with Gasteiger partial charge in [-0.1, -0.05) is 60.7 Å². The van der Waals surface area contributed by atoms with E-state index in [1.165, 1.54) is 18.2 Å². The highest BCUT2D eigenvalue weighted by Crippen LogP contribution is 2.32. The number of carbonyl (C=O) groups is 1. The molecule has 0 amide bonds. The van der Waals surface area contributed by atoms with Gasteiger partial charge in [-0.05, 0) is 30.4 Å². The van der Waals surface area contributed by atoms with Crippen LogP contribution in [0.25, 0.3) is 0 Å². The van der Waals surface area contributed by atoms with Crippen molar-refractivity contribution in [2.45, 2.75) is 38.4 Å². The lowest BCUT2D eigenvalue weighted by atomic mass is 10.1. The second kappa shape index (κ2) is 8.11. The zero-order valence-corrected chi connectivity index (χ0v) is 14.2. The summed E-state index contributed by atoms with van der Waals surface area (Å²) in [4.78, 5) is 14.4. The lowest BCUT2D eigenvalue weighted by molar-refractivity contribution is -0.145. The van der Waals surface area contributed by atoms with Crippen LogP contribution in [0, 0.1) is 5.92 Å². The quantitative estimate of drug-likeness (QED) is 0.752. The summed E-state index contributed by atoms with van der Waals surface area (Å²) in [5.74, 6) is -0.00841. The summed E-state index contributed by atoms with van der Waals surface area (Å²) in [6.45, 7) is 1.82. The lowest BCUT2D eigenvalue weighted by Crippen LogP contribution is -2.33. The van der Waals surface area contributed by atoms with Crippen LogP contribution in [-0.4, -0.2) is 24.0 Å². The topological polar surface area (TPSA) is 29.5 Å². The van der Waals surface area contributed by atoms with E-state index in [1.807, 2.05) is 12.1 Å². The van der Waals surface area contributed by atoms with Crippen LogP contribution >= 0.6 is 0 Å². The molecule has 1 saturated carbocycles. The molecule has 1 unspecified atom stereocenters. The molecule has 0 aromatic heterocycles. The monoisotopic (exact) mass is 323 g/mol. The van der Waals surface area contributed by atoms with E-state index in [2.05, 4.69) is 53.4 Å². The molecule has 0 N–H and O–H groups in total. The third-order valence-corrected chi connectivity index (χ3v) is 4.91. The van der Waals surface area contributed by atoms with Crippen molar-refractivity contribution in [1.82, 2.24) is 4.90 Å². The van der Waals surface area contributed by atoms with E-state index >= 15 is 0 Å². The van der Waals surface area contributed by atoms with Gasteiger partial charge in [0.2, 0.25) is 0 Å². The van der Waals surface area contributed by atoms with Crippen molar-refractivity contribution in [2.75, 3.05) is 7.11 Å². The van der Waals surface area contributed by atoms with Crippen molar-refractivity contribution in [3.05, 3.63) is 71.8 Å². The van der Waals surface area contributed by atoms with Gasteiger partial charge in [-0.2, -0.15) is 0 Å². The Hall–Kier alpha value is -2.13. The first-order valence-electron chi connectivity index (χ1n) is 8.66. The highest BCUT2D eigenvalue weighted by Gasteiger charge is 2.33. The van der Waals surface area contributed by atoms with Gasteiger partial charge in [0, 0.05) is 19.1 Å². The largest absolute Gasteiger partial charge is 0.469 e. The van der Waals surface area contributed by atoms with Crippen molar-refractivity contribution in [2.24, 2.45) is 5.92 Å². The first-order chi connectivity index (χ1) is 11.8. The van der Waals surface area contributed by atoms with E-state index in [-0.39, 0.29) is 11.9 Å². The summed E-state index contributed by atoms with van der Waals surface area (Å²) in [6.07, 6.45) is 2.88. The Balaban J connectivity index is 1.73. The Morgan fingerprint density at radius 2 is 1.50 bits per heavy atom. The van der Waals surface area contributed by atoms with Gasteiger partial charge in [0.25, 0.3) is 0 Å². The smallest absolute Gasteiger partial charge is 0.308 e. The molecular weight excluding hydrogens is 298 g/mol. The fourth-order valence-corrected chi connectivity index (χ4v) is 3.62. The number of hydrogen-bond donors (Lipinski definition) is 0. The fraction of sp³-hybridized carbons (Fsp3) is 0.381. The van der Waals surface area contributed by atoms with Gasteiger partial charge in [-0.25, -0.2) is 0 Å². The number of methoxy groups -OCH3 is 1. The molecule has 0 saturated heterocycles. The number of rotatable bonds is 6. The third-order valence-electron chi connectivity index (χ3n) is 4.91. The van der Waals surface area contributed by atoms with E-state index in [4.69, 9.17) is 4.74 Å². The normalized spacial score (nSPS) is 20.2. The van der Waals surface area contributed by atoms with Crippen molar-refractivity contribution in [3.8, 4) is 0 Å². The molecule has 3 rings (SSSR count). The van der Waals surface area contributed by atoms with Gasteiger partial charge in [-0.3, -0.25) is 9.69 Å². The number of carbonyl (C=O) groups excluding carboxylic acids is 1. The molecular formula is C21H25NO2. The molecule has 0 spiro atoms. The number of ether oxygens (including phenoxy) is 1. The Morgan fingerprint density at radius 3 is 2.00 bits per heavy atom. The average Bonchev–Trinajstić information content (AvgIpc) is 3.12. The van der Waals surface area contributed by atoms with Gasteiger partial charge in [0.1, 0.15) is 0 Å². The lowest BCUT2D eigenvalue weighted by Gasteiger charge is -2.29. The van der Waals surface area contributed by atoms with Crippen LogP contribution in [0.5, 0.6) is 0 Å². The number of benzene rings is 2. The predicted octanol–water partition coefficient (Wildman–Crippen LogP) is 4.03. The van der Waals surface area contributed by atoms with Gasteiger partial charge < -0.3 is 4.74 Å². The van der Waals surface area contributed by atoms with Crippen LogP contribution in [0.2, 0.25) is 0 Å². The van der Waals surface area contributed by atoms with Crippen LogP contribution in [-0.2, 0) is 22.6 Å². The summed E-state index contributed by atoms with van der Waals surface area (Å²) >= 11 is 0. The number of nitrogens with zero attached hydrogens (tertiary/aromatic N) is 1. The van der Waals surface area contributed by atoms with Crippen LogP contribution in [0.3, 0.4) is 0 Å². The van der Waals surface area contributed by atoms with E-state index in [0.29, 0.717) is 6.04 Å². The summed E-state index contributed by atoms with van der Waals surface area (Å²) in [7, 11) is 1.49. The van der Waals surface area contributed by atoms with Gasteiger partial charge in [0.05, 0.1) is 13.0 Å². The maximum Gasteiger partial charge on any atom is 0.308 e. The minimum absolute atomic E-state index is 0.0500. The molecule has 2 aromatic rings. The van der Waals surface area contributed by atoms with E-state index in [0.717, 1.165) is 32.4 Å². The SMILES string of the molecule is COC(=O)C1CC[C@H](N(Cc2ccccc2)Cc2ccccc2)C1. The van der Waals surface area contributed by atoms with Gasteiger partial charge in [-0.15, -0.1) is 0 Å². The third kappa shape index (κ3) is 4.24. The molecule has 1 aliphatic carbocycles. The molecule has 0 aliphatic heterocycles. The fourth-order valence-electron chi connectivity index (χ4n) is 3.62. The zero-order chi connectivity index (χ0) is 16.8. The van der Waals surface area contributed by atoms with Crippen LogP contribution in [0.4, 0.5) is 0 Å². The molecule has 1 fully saturated rings. The Kier molecular flexibility index (Phi) is 5.65. The molecule has 2 atom stereocenters. The molecule has 3 heteroatoms. The first-order valence-corrected chi connectivity index (χ1v) is 8.66. The Labute approximate surface area is 144 Å². The van der Waals surface area contributed by atoms with Crippen molar-refractivity contribution < 1.29 is 9.53 Å². The minimum Gasteiger partial charge on any atom is -0.469 e. The van der Waals surface area contributed by atoms with Crippen LogP contribution in [0.15, 0.2) is 60.7 Å². The van der Waals surface area contributed by atoms with E-state index < -0.39 is 0 Å². The molecule has 24 heavy (non-hydrogen) atoms.